The monoisotopic (exact) mass is 678 g/mol. The lowest BCUT2D eigenvalue weighted by Gasteiger charge is -2.45. The van der Waals surface area contributed by atoms with Crippen molar-refractivity contribution in [1.82, 2.24) is 0 Å². The van der Waals surface area contributed by atoms with Crippen molar-refractivity contribution in [2.75, 3.05) is 6.61 Å². The van der Waals surface area contributed by atoms with E-state index in [0.717, 1.165) is 22.3 Å². The molecule has 0 unspecified atom stereocenters. The van der Waals surface area contributed by atoms with Gasteiger partial charge in [-0.15, -0.1) is 0 Å². The van der Waals surface area contributed by atoms with Crippen molar-refractivity contribution in [3.05, 3.63) is 179 Å². The highest BCUT2D eigenvalue weighted by molar-refractivity contribution is 7.91. The van der Waals surface area contributed by atoms with Gasteiger partial charge in [-0.3, -0.25) is 0 Å². The normalized spacial score (nSPS) is 20.9. The third kappa shape index (κ3) is 9.95. The Morgan fingerprint density at radius 3 is 1.27 bits per heavy atom. The number of sulfone groups is 1. The summed E-state index contributed by atoms with van der Waals surface area (Å²) in [7, 11) is -3.94. The first-order valence-electron chi connectivity index (χ1n) is 16.5. The molecule has 8 heteroatoms. The molecular formula is C41H42O7S. The molecular weight excluding hydrogens is 637 g/mol. The molecule has 0 aromatic heterocycles. The van der Waals surface area contributed by atoms with Crippen molar-refractivity contribution in [2.45, 2.75) is 62.0 Å². The Kier molecular flexibility index (Phi) is 12.4. The van der Waals surface area contributed by atoms with Crippen molar-refractivity contribution in [1.29, 1.82) is 0 Å². The minimum atomic E-state index is -3.94. The molecule has 5 aromatic carbocycles. The summed E-state index contributed by atoms with van der Waals surface area (Å²) >= 11 is 0. The summed E-state index contributed by atoms with van der Waals surface area (Å²) in [5.74, 6) is -0.220. The fraction of sp³-hybridized carbons (Fsp3) is 0.268. The molecule has 1 saturated heterocycles. The van der Waals surface area contributed by atoms with Gasteiger partial charge in [0.25, 0.3) is 0 Å². The zero-order chi connectivity index (χ0) is 33.7. The van der Waals surface area contributed by atoms with E-state index in [1.165, 1.54) is 0 Å². The Balaban J connectivity index is 1.36. The van der Waals surface area contributed by atoms with Crippen molar-refractivity contribution in [2.24, 2.45) is 0 Å². The lowest BCUT2D eigenvalue weighted by atomic mass is 9.98. The fourth-order valence-electron chi connectivity index (χ4n) is 5.92. The SMILES string of the molecule is O=S(=O)(Cc1ccccc1)[C@@H]1O[C@H](COCc2ccccc2)[C@H](OCc2ccccc2)[C@H](OCc2ccccc2)[C@H]1OCc1ccccc1. The summed E-state index contributed by atoms with van der Waals surface area (Å²) in [5, 5.41) is 0. The number of rotatable bonds is 16. The third-order valence-corrected chi connectivity index (χ3v) is 10.2. The molecule has 0 bridgehead atoms. The third-order valence-electron chi connectivity index (χ3n) is 8.41. The zero-order valence-corrected chi connectivity index (χ0v) is 28.1. The first kappa shape index (κ1) is 34.7. The molecule has 5 atom stereocenters. The predicted molar refractivity (Wildman–Crippen MR) is 189 cm³/mol. The smallest absolute Gasteiger partial charge is 0.188 e. The van der Waals surface area contributed by atoms with Crippen LogP contribution < -0.4 is 0 Å². The quantitative estimate of drug-likeness (QED) is 0.108. The molecule has 0 amide bonds. The highest BCUT2D eigenvalue weighted by atomic mass is 32.2. The molecule has 1 aliphatic rings. The molecule has 7 nitrogen and oxygen atoms in total. The maximum atomic E-state index is 14.4. The Morgan fingerprint density at radius 1 is 0.449 bits per heavy atom. The molecule has 6 rings (SSSR count). The molecule has 0 saturated carbocycles. The molecule has 1 fully saturated rings. The van der Waals surface area contributed by atoms with Gasteiger partial charge in [-0.1, -0.05) is 152 Å². The van der Waals surface area contributed by atoms with Crippen LogP contribution >= 0.6 is 0 Å². The Hall–Kier alpha value is -4.15. The minimum Gasteiger partial charge on any atom is -0.374 e. The van der Waals surface area contributed by atoms with E-state index in [2.05, 4.69) is 0 Å². The molecule has 49 heavy (non-hydrogen) atoms. The summed E-state index contributed by atoms with van der Waals surface area (Å²) in [6.07, 6.45) is -3.32. The van der Waals surface area contributed by atoms with Crippen molar-refractivity contribution in [3.8, 4) is 0 Å². The average molecular weight is 679 g/mol. The second-order valence-electron chi connectivity index (χ2n) is 12.1. The second-order valence-corrected chi connectivity index (χ2v) is 14.2. The lowest BCUT2D eigenvalue weighted by molar-refractivity contribution is -0.256. The molecule has 0 spiro atoms. The molecule has 254 valence electrons. The van der Waals surface area contributed by atoms with Crippen molar-refractivity contribution >= 4 is 9.84 Å². The van der Waals surface area contributed by atoms with Gasteiger partial charge in [0.15, 0.2) is 15.3 Å². The number of hydrogen-bond acceptors (Lipinski definition) is 7. The van der Waals surface area contributed by atoms with Gasteiger partial charge in [-0.05, 0) is 27.8 Å². The van der Waals surface area contributed by atoms with Crippen LogP contribution in [0.25, 0.3) is 0 Å². The van der Waals surface area contributed by atoms with E-state index in [1.807, 2.05) is 140 Å². The maximum Gasteiger partial charge on any atom is 0.188 e. The summed E-state index contributed by atoms with van der Waals surface area (Å²) in [4.78, 5) is 0. The molecule has 0 aliphatic carbocycles. The van der Waals surface area contributed by atoms with E-state index < -0.39 is 39.7 Å². The fourth-order valence-corrected chi connectivity index (χ4v) is 7.70. The van der Waals surface area contributed by atoms with Crippen molar-refractivity contribution in [3.63, 3.8) is 0 Å². The highest BCUT2D eigenvalue weighted by Gasteiger charge is 2.53. The second kappa shape index (κ2) is 17.5. The van der Waals surface area contributed by atoms with E-state index >= 15 is 0 Å². The predicted octanol–water partition coefficient (Wildman–Crippen LogP) is 7.30. The van der Waals surface area contributed by atoms with Crippen LogP contribution in [0.1, 0.15) is 27.8 Å². The topological polar surface area (TPSA) is 80.3 Å². The number of benzene rings is 5. The van der Waals surface area contributed by atoms with Crippen LogP contribution in [-0.4, -0.2) is 44.9 Å². The van der Waals surface area contributed by atoms with Crippen LogP contribution in [0.4, 0.5) is 0 Å². The standard InChI is InChI=1S/C41H42O7S/c42-49(43,31-36-24-14-5-15-25-36)41-40(47-29-35-22-12-4-13-23-35)39(46-28-34-20-10-3-11-21-34)38(45-27-33-18-8-2-9-19-33)37(48-41)30-44-26-32-16-6-1-7-17-32/h1-25,37-41H,26-31H2/t37-,38+,39+,40-,41+/m1/s1. The van der Waals surface area contributed by atoms with Crippen LogP contribution in [0.5, 0.6) is 0 Å². The van der Waals surface area contributed by atoms with Gasteiger partial charge in [-0.25, -0.2) is 8.42 Å². The first-order chi connectivity index (χ1) is 24.0. The van der Waals surface area contributed by atoms with Crippen LogP contribution in [0.2, 0.25) is 0 Å². The van der Waals surface area contributed by atoms with Crippen LogP contribution in [0, 0.1) is 0 Å². The first-order valence-corrected chi connectivity index (χ1v) is 18.3. The molecule has 1 aliphatic heterocycles. The Morgan fingerprint density at radius 2 is 0.816 bits per heavy atom. The lowest BCUT2D eigenvalue weighted by Crippen LogP contribution is -2.63. The van der Waals surface area contributed by atoms with Gasteiger partial charge in [0, 0.05) is 0 Å². The summed E-state index contributed by atoms with van der Waals surface area (Å²) in [6, 6.07) is 48.3. The minimum absolute atomic E-state index is 0.0856. The van der Waals surface area contributed by atoms with Crippen LogP contribution in [0.15, 0.2) is 152 Å². The van der Waals surface area contributed by atoms with Gasteiger partial charge in [0.2, 0.25) is 0 Å². The summed E-state index contributed by atoms with van der Waals surface area (Å²) in [6.45, 7) is 1.07. The largest absolute Gasteiger partial charge is 0.374 e. The maximum absolute atomic E-state index is 14.4. The number of hydrogen-bond donors (Lipinski definition) is 0. The Bertz CT molecular complexity index is 1770. The summed E-state index contributed by atoms with van der Waals surface area (Å²) in [5.41, 5.74) is 3.12. The van der Waals surface area contributed by atoms with Gasteiger partial charge in [0.1, 0.15) is 24.4 Å². The Labute approximate surface area is 289 Å². The van der Waals surface area contributed by atoms with E-state index in [0.29, 0.717) is 12.2 Å². The molecule has 0 radical (unpaired) electrons. The van der Waals surface area contributed by atoms with E-state index in [1.54, 1.807) is 12.1 Å². The van der Waals surface area contributed by atoms with E-state index in [9.17, 15) is 8.42 Å². The average Bonchev–Trinajstić information content (AvgIpc) is 3.14. The van der Waals surface area contributed by atoms with Crippen molar-refractivity contribution < 1.29 is 32.1 Å². The van der Waals surface area contributed by atoms with Gasteiger partial charge in [0.05, 0.1) is 38.8 Å². The summed E-state index contributed by atoms with van der Waals surface area (Å²) < 4.78 is 61.5. The van der Waals surface area contributed by atoms with Crippen LogP contribution in [0.3, 0.4) is 0 Å². The molecule has 0 N–H and O–H groups in total. The zero-order valence-electron chi connectivity index (χ0n) is 27.3. The molecule has 1 heterocycles. The van der Waals surface area contributed by atoms with Gasteiger partial charge < -0.3 is 23.7 Å². The van der Waals surface area contributed by atoms with E-state index in [4.69, 9.17) is 23.7 Å². The van der Waals surface area contributed by atoms with Gasteiger partial charge in [-0.2, -0.15) is 0 Å². The number of ether oxygens (including phenoxy) is 5. The van der Waals surface area contributed by atoms with E-state index in [-0.39, 0.29) is 32.2 Å². The van der Waals surface area contributed by atoms with Crippen LogP contribution in [-0.2, 0) is 65.7 Å². The highest BCUT2D eigenvalue weighted by Crippen LogP contribution is 2.34. The molecule has 5 aromatic rings. The van der Waals surface area contributed by atoms with Gasteiger partial charge >= 0.3 is 0 Å².